The van der Waals surface area contributed by atoms with Crippen LogP contribution in [0.25, 0.3) is 0 Å². The van der Waals surface area contributed by atoms with Crippen LogP contribution in [0.1, 0.15) is 108 Å². The van der Waals surface area contributed by atoms with Crippen LogP contribution in [-0.2, 0) is 60.5 Å². The van der Waals surface area contributed by atoms with E-state index in [1.54, 1.807) is 63.5 Å². The van der Waals surface area contributed by atoms with E-state index in [9.17, 15) is 24.9 Å². The van der Waals surface area contributed by atoms with Crippen molar-refractivity contribution in [3.63, 3.8) is 0 Å². The zero-order chi connectivity index (χ0) is 57.5. The monoisotopic (exact) mass is 1120 g/mol. The normalized spacial score (nSPS) is 36.7. The molecule has 3 fully saturated rings. The maximum Gasteiger partial charge on any atom is 0.338 e. The Morgan fingerprint density at radius 2 is 1.49 bits per heavy atom. The third-order valence-electron chi connectivity index (χ3n) is 16.0. The van der Waals surface area contributed by atoms with E-state index < -0.39 is 116 Å². The lowest BCUT2D eigenvalue weighted by Gasteiger charge is -2.50. The number of aliphatic hydroxyl groups is 3. The Bertz CT molecular complexity index is 2350. The van der Waals surface area contributed by atoms with Crippen LogP contribution in [0.5, 0.6) is 0 Å². The third kappa shape index (κ3) is 17.5. The van der Waals surface area contributed by atoms with Crippen molar-refractivity contribution in [3.8, 4) is 0 Å². The van der Waals surface area contributed by atoms with E-state index in [1.165, 1.54) is 7.11 Å². The summed E-state index contributed by atoms with van der Waals surface area (Å²) in [6.45, 7) is 12.6. The van der Waals surface area contributed by atoms with E-state index in [2.05, 4.69) is 34.0 Å². The summed E-state index contributed by atoms with van der Waals surface area (Å²) in [5, 5.41) is 40.2. The van der Waals surface area contributed by atoms with Crippen LogP contribution in [0.15, 0.2) is 103 Å². The molecule has 2 aromatic heterocycles. The minimum atomic E-state index is -1.56. The van der Waals surface area contributed by atoms with Gasteiger partial charge >= 0.3 is 11.9 Å². The fraction of sp³-hybridized carbons (Fsp3) is 0.639. The largest absolute Gasteiger partial charge is 0.462 e. The van der Waals surface area contributed by atoms with Gasteiger partial charge in [0.05, 0.1) is 66.0 Å². The van der Waals surface area contributed by atoms with E-state index in [0.29, 0.717) is 50.9 Å². The summed E-state index contributed by atoms with van der Waals surface area (Å²) >= 11 is 0. The first-order valence-corrected chi connectivity index (χ1v) is 28.5. The van der Waals surface area contributed by atoms with Crippen molar-refractivity contribution in [2.24, 2.45) is 11.8 Å². The topological polar surface area (TPSA) is 222 Å². The molecule has 0 bridgehead atoms. The molecule has 7 rings (SSSR count). The maximum atomic E-state index is 13.6. The molecule has 0 saturated carbocycles. The molecule has 19 atom stereocenters. The molecule has 0 amide bonds. The highest BCUT2D eigenvalue weighted by atomic mass is 16.7. The number of nitrogens with one attached hydrogen (secondary N) is 1. The van der Waals surface area contributed by atoms with Crippen molar-refractivity contribution in [1.29, 1.82) is 0 Å². The molecular weight excluding hydrogens is 1030 g/mol. The number of carbonyl (C=O) groups is 2. The molecule has 0 aliphatic carbocycles. The highest BCUT2D eigenvalue weighted by molar-refractivity contribution is 5.89. The molecule has 4 aliphatic heterocycles. The van der Waals surface area contributed by atoms with Crippen molar-refractivity contribution < 1.29 is 67.5 Å². The van der Waals surface area contributed by atoms with Crippen molar-refractivity contribution in [2.45, 2.75) is 203 Å². The Labute approximate surface area is 473 Å². The van der Waals surface area contributed by atoms with Crippen molar-refractivity contribution in [1.82, 2.24) is 25.1 Å². The number of allylic oxidation sites excluding steroid dienone is 2. The molecule has 6 heterocycles. The number of rotatable bonds is 18. The molecule has 0 radical (unpaired) electrons. The number of hydrogen-bond donors (Lipinski definition) is 4. The van der Waals surface area contributed by atoms with Gasteiger partial charge in [0.1, 0.15) is 30.0 Å². The molecule has 80 heavy (non-hydrogen) atoms. The van der Waals surface area contributed by atoms with Crippen molar-refractivity contribution in [2.75, 3.05) is 34.8 Å². The summed E-state index contributed by atoms with van der Waals surface area (Å²) < 4.78 is 58.3. The van der Waals surface area contributed by atoms with Gasteiger partial charge < -0.3 is 68.2 Å². The van der Waals surface area contributed by atoms with Crippen LogP contribution < -0.4 is 5.32 Å². The van der Waals surface area contributed by atoms with E-state index in [4.69, 9.17) is 42.6 Å². The molecule has 4 aliphatic rings. The molecule has 19 nitrogen and oxygen atoms in total. The van der Waals surface area contributed by atoms with Gasteiger partial charge in [-0.25, -0.2) is 4.79 Å². The SMILES string of the molecule is CN[C@H]1CC[C@H](O[C@H]2/C=C/C=C/C[C@@H](C)OC(=O)C[C@@H](O)[C@H](OC)[C@@H](O[C@@H]3O[C@H](C)[C@@H](O[C@H]4C[C@@](C)(O)[C@@H](OC(=O)c5ccccc5)[C@H](C)O4)[C@H](N(C)C)[C@H]3O)[C@@H](CCN(Cc3ccccn3)Cc3ccccn3)C[C@H]2C)O[C@@H]1C. The van der Waals surface area contributed by atoms with Crippen LogP contribution in [0.4, 0.5) is 0 Å². The number of carbonyl (C=O) groups excluding carboxylic acids is 2. The Balaban J connectivity index is 1.21. The Kier molecular flexibility index (Phi) is 23.7. The second-order valence-corrected chi connectivity index (χ2v) is 22.7. The smallest absolute Gasteiger partial charge is 0.338 e. The van der Waals surface area contributed by atoms with E-state index >= 15 is 0 Å². The number of cyclic esters (lactones) is 1. The predicted molar refractivity (Wildman–Crippen MR) is 298 cm³/mol. The second-order valence-electron chi connectivity index (χ2n) is 22.7. The predicted octanol–water partition coefficient (Wildman–Crippen LogP) is 6.14. The number of pyridine rings is 2. The van der Waals surface area contributed by atoms with Gasteiger partial charge in [-0.15, -0.1) is 0 Å². The Morgan fingerprint density at radius 1 is 0.812 bits per heavy atom. The number of benzene rings is 1. The number of esters is 2. The summed E-state index contributed by atoms with van der Waals surface area (Å²) in [6.07, 6.45) is 1.82. The molecule has 0 spiro atoms. The number of aliphatic hydroxyl groups excluding tert-OH is 2. The van der Waals surface area contributed by atoms with Crippen LogP contribution in [-0.4, -0.2) is 186 Å². The van der Waals surface area contributed by atoms with Gasteiger partial charge in [0, 0.05) is 51.5 Å². The average molecular weight is 1120 g/mol. The fourth-order valence-corrected chi connectivity index (χ4v) is 11.7. The summed E-state index contributed by atoms with van der Waals surface area (Å²) in [6, 6.07) is 19.7. The zero-order valence-corrected chi connectivity index (χ0v) is 48.4. The van der Waals surface area contributed by atoms with Crippen LogP contribution in [0.3, 0.4) is 0 Å². The highest BCUT2D eigenvalue weighted by Gasteiger charge is 2.53. The quantitative estimate of drug-likeness (QED) is 0.105. The molecule has 4 N–H and O–H groups in total. The number of hydrogen-bond acceptors (Lipinski definition) is 19. The molecule has 19 heteroatoms. The molecule has 1 aromatic carbocycles. The number of ether oxygens (including phenoxy) is 9. The Morgan fingerprint density at radius 3 is 2.10 bits per heavy atom. The van der Waals surface area contributed by atoms with Gasteiger partial charge in [-0.2, -0.15) is 0 Å². The van der Waals surface area contributed by atoms with Gasteiger partial charge in [-0.05, 0) is 136 Å². The van der Waals surface area contributed by atoms with Gasteiger partial charge in [-0.3, -0.25) is 19.7 Å². The molecule has 3 saturated heterocycles. The van der Waals surface area contributed by atoms with E-state index in [1.807, 2.05) is 93.7 Å². The molecule has 0 unspecified atom stereocenters. The third-order valence-corrected chi connectivity index (χ3v) is 16.0. The minimum absolute atomic E-state index is 0.0593. The van der Waals surface area contributed by atoms with Gasteiger partial charge in [0.15, 0.2) is 25.0 Å². The van der Waals surface area contributed by atoms with E-state index in [-0.39, 0.29) is 24.5 Å². The Hall–Kier alpha value is -4.58. The summed E-state index contributed by atoms with van der Waals surface area (Å²) in [4.78, 5) is 40.3. The van der Waals surface area contributed by atoms with Crippen molar-refractivity contribution >= 4 is 11.9 Å². The van der Waals surface area contributed by atoms with E-state index in [0.717, 1.165) is 17.8 Å². The summed E-state index contributed by atoms with van der Waals surface area (Å²) in [7, 11) is 7.06. The van der Waals surface area contributed by atoms with Crippen LogP contribution >= 0.6 is 0 Å². The molecular formula is C61H89N5O14. The lowest BCUT2D eigenvalue weighted by Crippen LogP contribution is -2.66. The first-order valence-electron chi connectivity index (χ1n) is 28.5. The lowest BCUT2D eigenvalue weighted by molar-refractivity contribution is -0.344. The first-order chi connectivity index (χ1) is 38.3. The minimum Gasteiger partial charge on any atom is -0.462 e. The molecule has 442 valence electrons. The second kappa shape index (κ2) is 30.1. The summed E-state index contributed by atoms with van der Waals surface area (Å²) in [5.74, 6) is -1.84. The molecule has 3 aromatic rings. The zero-order valence-electron chi connectivity index (χ0n) is 48.4. The number of aromatic nitrogens is 2. The number of nitrogens with zero attached hydrogens (tertiary/aromatic N) is 4. The standard InChI is InChI=1S/C61H89N5O14/c1-38-33-44(29-32-66(36-45-24-17-19-30-63-45)37-46-25-18-20-31-64-46)56(57(72-10)48(67)34-50(68)73-39(2)21-13-11-16-26-49(38)77-51-28-27-47(62-7)40(3)74-51)79-60-54(69)53(65(8)9)55(41(4)76-60)78-52-35-61(6,71)58(42(5)75-52)80-59(70)43-22-14-12-15-23-43/h11-20,22-26,30-31,38-42,44,47-49,51-58,60,62,67,69,71H,21,27-29,32-37H2,1-10H3/b13-11+,26-16+/t38-,39-,40-,41-,42+,44+,47+,48-,49+,51+,52+,53-,54-,55-,56+,57+,58+,60+,61-/m1/s1. The maximum absolute atomic E-state index is 13.6. The highest BCUT2D eigenvalue weighted by Crippen LogP contribution is 2.39. The number of methoxy groups -OCH3 is 1. The first kappa shape index (κ1) is 63.0. The summed E-state index contributed by atoms with van der Waals surface area (Å²) in [5.41, 5.74) is 0.532. The van der Waals surface area contributed by atoms with Crippen molar-refractivity contribution in [3.05, 3.63) is 120 Å². The van der Waals surface area contributed by atoms with Crippen LogP contribution in [0.2, 0.25) is 0 Å². The average Bonchev–Trinajstić information content (AvgIpc) is 3.43. The van der Waals surface area contributed by atoms with Gasteiger partial charge in [0.25, 0.3) is 0 Å². The van der Waals surface area contributed by atoms with Gasteiger partial charge in [0.2, 0.25) is 0 Å². The fourth-order valence-electron chi connectivity index (χ4n) is 11.7. The lowest BCUT2D eigenvalue weighted by atomic mass is 9.82. The van der Waals surface area contributed by atoms with Crippen LogP contribution in [0, 0.1) is 11.8 Å². The van der Waals surface area contributed by atoms with Gasteiger partial charge in [-0.1, -0.05) is 61.6 Å². The number of likely N-dealkylation sites (N-methyl/N-ethyl adjacent to an activating group) is 2.